The highest BCUT2D eigenvalue weighted by molar-refractivity contribution is 9.09. The first-order valence-corrected chi connectivity index (χ1v) is 7.78. The molecule has 4 heteroatoms. The van der Waals surface area contributed by atoms with E-state index in [0.29, 0.717) is 0 Å². The van der Waals surface area contributed by atoms with Gasteiger partial charge in [-0.25, -0.2) is 4.39 Å². The first kappa shape index (κ1) is 15.3. The SMILES string of the molecule is COc1ccc(CC(CBr)c2ccc(Cl)cc2)cc1F. The number of benzene rings is 2. The highest BCUT2D eigenvalue weighted by Crippen LogP contribution is 2.26. The second-order valence-corrected chi connectivity index (χ2v) is 5.66. The van der Waals surface area contributed by atoms with E-state index in [0.717, 1.165) is 22.3 Å². The number of methoxy groups -OCH3 is 1. The summed E-state index contributed by atoms with van der Waals surface area (Å²) in [6.45, 7) is 0. The summed E-state index contributed by atoms with van der Waals surface area (Å²) in [5, 5.41) is 1.53. The highest BCUT2D eigenvalue weighted by atomic mass is 79.9. The fraction of sp³-hybridized carbons (Fsp3) is 0.250. The summed E-state index contributed by atoms with van der Waals surface area (Å²) >= 11 is 9.42. The quantitative estimate of drug-likeness (QED) is 0.668. The van der Waals surface area contributed by atoms with Crippen LogP contribution in [0.2, 0.25) is 5.02 Å². The predicted octanol–water partition coefficient (Wildman–Crippen LogP) is 5.21. The van der Waals surface area contributed by atoms with Crippen molar-refractivity contribution in [3.8, 4) is 5.75 Å². The van der Waals surface area contributed by atoms with Crippen LogP contribution in [0.25, 0.3) is 0 Å². The molecule has 106 valence electrons. The second-order valence-electron chi connectivity index (χ2n) is 4.58. The Morgan fingerprint density at radius 2 is 1.90 bits per heavy atom. The molecule has 20 heavy (non-hydrogen) atoms. The number of hydrogen-bond donors (Lipinski definition) is 0. The summed E-state index contributed by atoms with van der Waals surface area (Å²) in [5.74, 6) is 0.227. The average molecular weight is 358 g/mol. The van der Waals surface area contributed by atoms with E-state index in [1.807, 2.05) is 30.3 Å². The number of ether oxygens (including phenoxy) is 1. The van der Waals surface area contributed by atoms with Gasteiger partial charge in [-0.15, -0.1) is 0 Å². The van der Waals surface area contributed by atoms with Crippen LogP contribution in [0.5, 0.6) is 5.75 Å². The van der Waals surface area contributed by atoms with Gasteiger partial charge in [-0.2, -0.15) is 0 Å². The zero-order chi connectivity index (χ0) is 14.5. The van der Waals surface area contributed by atoms with E-state index in [2.05, 4.69) is 15.9 Å². The van der Waals surface area contributed by atoms with Crippen LogP contribution in [0, 0.1) is 5.82 Å². The molecular formula is C16H15BrClFO. The topological polar surface area (TPSA) is 9.23 Å². The standard InChI is InChI=1S/C16H15BrClFO/c1-20-16-7-2-11(9-15(16)19)8-13(10-17)12-3-5-14(18)6-4-12/h2-7,9,13H,8,10H2,1H3. The van der Waals surface area contributed by atoms with Gasteiger partial charge in [0.05, 0.1) is 7.11 Å². The van der Waals surface area contributed by atoms with Gasteiger partial charge in [0, 0.05) is 10.4 Å². The van der Waals surface area contributed by atoms with E-state index in [1.54, 1.807) is 6.07 Å². The monoisotopic (exact) mass is 356 g/mol. The molecule has 0 aliphatic rings. The lowest BCUT2D eigenvalue weighted by molar-refractivity contribution is 0.386. The Kier molecular flexibility index (Phi) is 5.44. The van der Waals surface area contributed by atoms with Crippen molar-refractivity contribution in [2.45, 2.75) is 12.3 Å². The maximum atomic E-state index is 13.7. The van der Waals surface area contributed by atoms with Gasteiger partial charge >= 0.3 is 0 Å². The molecule has 0 saturated heterocycles. The lowest BCUT2D eigenvalue weighted by Gasteiger charge is -2.15. The van der Waals surface area contributed by atoms with Crippen LogP contribution in [0.4, 0.5) is 4.39 Å². The molecule has 1 atom stereocenters. The van der Waals surface area contributed by atoms with Crippen molar-refractivity contribution in [3.05, 3.63) is 64.4 Å². The van der Waals surface area contributed by atoms with E-state index >= 15 is 0 Å². The van der Waals surface area contributed by atoms with Gasteiger partial charge in [0.2, 0.25) is 0 Å². The second kappa shape index (κ2) is 7.09. The maximum Gasteiger partial charge on any atom is 0.165 e. The van der Waals surface area contributed by atoms with Crippen LogP contribution >= 0.6 is 27.5 Å². The van der Waals surface area contributed by atoms with Crippen molar-refractivity contribution >= 4 is 27.5 Å². The summed E-state index contributed by atoms with van der Waals surface area (Å²) in [6, 6.07) is 12.9. The molecule has 2 aromatic carbocycles. The maximum absolute atomic E-state index is 13.7. The Morgan fingerprint density at radius 3 is 2.45 bits per heavy atom. The van der Waals surface area contributed by atoms with Gasteiger partial charge in [-0.1, -0.05) is 45.7 Å². The van der Waals surface area contributed by atoms with Crippen molar-refractivity contribution in [1.82, 2.24) is 0 Å². The Morgan fingerprint density at radius 1 is 1.20 bits per heavy atom. The van der Waals surface area contributed by atoms with E-state index in [4.69, 9.17) is 16.3 Å². The van der Waals surface area contributed by atoms with Crippen LogP contribution in [0.3, 0.4) is 0 Å². The molecule has 0 aliphatic carbocycles. The zero-order valence-electron chi connectivity index (χ0n) is 11.1. The molecule has 0 heterocycles. The van der Waals surface area contributed by atoms with Gasteiger partial charge in [0.15, 0.2) is 11.6 Å². The van der Waals surface area contributed by atoms with Gasteiger partial charge in [0.1, 0.15) is 0 Å². The van der Waals surface area contributed by atoms with E-state index in [9.17, 15) is 4.39 Å². The molecule has 2 aromatic rings. The third-order valence-electron chi connectivity index (χ3n) is 3.23. The van der Waals surface area contributed by atoms with Crippen LogP contribution < -0.4 is 4.74 Å². The van der Waals surface area contributed by atoms with Gasteiger partial charge in [-0.3, -0.25) is 0 Å². The molecule has 1 unspecified atom stereocenters. The fourth-order valence-corrected chi connectivity index (χ4v) is 2.85. The third-order valence-corrected chi connectivity index (χ3v) is 4.26. The first-order valence-electron chi connectivity index (χ1n) is 6.28. The molecule has 0 radical (unpaired) electrons. The highest BCUT2D eigenvalue weighted by Gasteiger charge is 2.12. The van der Waals surface area contributed by atoms with Crippen molar-refractivity contribution in [2.75, 3.05) is 12.4 Å². The molecule has 0 aliphatic heterocycles. The van der Waals surface area contributed by atoms with Gasteiger partial charge < -0.3 is 4.74 Å². The van der Waals surface area contributed by atoms with Crippen LogP contribution in [0.1, 0.15) is 17.0 Å². The number of alkyl halides is 1. The molecule has 0 fully saturated rings. The summed E-state index contributed by atoms with van der Waals surface area (Å²) in [6.07, 6.45) is 0.758. The lowest BCUT2D eigenvalue weighted by Crippen LogP contribution is -2.05. The molecule has 0 bridgehead atoms. The summed E-state index contributed by atoms with van der Waals surface area (Å²) < 4.78 is 18.6. The summed E-state index contributed by atoms with van der Waals surface area (Å²) in [5.41, 5.74) is 2.13. The van der Waals surface area contributed by atoms with Gasteiger partial charge in [-0.05, 0) is 47.7 Å². The van der Waals surface area contributed by atoms with Crippen molar-refractivity contribution in [3.63, 3.8) is 0 Å². The van der Waals surface area contributed by atoms with Crippen LogP contribution in [0.15, 0.2) is 42.5 Å². The van der Waals surface area contributed by atoms with Crippen LogP contribution in [-0.2, 0) is 6.42 Å². The van der Waals surface area contributed by atoms with E-state index < -0.39 is 0 Å². The van der Waals surface area contributed by atoms with Gasteiger partial charge in [0.25, 0.3) is 0 Å². The molecule has 0 spiro atoms. The molecule has 0 amide bonds. The Balaban J connectivity index is 2.17. The molecule has 0 N–H and O–H groups in total. The Labute approximate surface area is 131 Å². The Bertz CT molecular complexity index is 571. The van der Waals surface area contributed by atoms with Crippen molar-refractivity contribution in [2.24, 2.45) is 0 Å². The van der Waals surface area contributed by atoms with E-state index in [-0.39, 0.29) is 17.5 Å². The van der Waals surface area contributed by atoms with Crippen molar-refractivity contribution < 1.29 is 9.13 Å². The predicted molar refractivity (Wildman–Crippen MR) is 84.6 cm³/mol. The molecule has 2 rings (SSSR count). The number of halogens is 3. The van der Waals surface area contributed by atoms with Crippen molar-refractivity contribution in [1.29, 1.82) is 0 Å². The first-order chi connectivity index (χ1) is 9.63. The van der Waals surface area contributed by atoms with Crippen LogP contribution in [-0.4, -0.2) is 12.4 Å². The zero-order valence-corrected chi connectivity index (χ0v) is 13.4. The largest absolute Gasteiger partial charge is 0.494 e. The van der Waals surface area contributed by atoms with E-state index in [1.165, 1.54) is 18.7 Å². The molecule has 1 nitrogen and oxygen atoms in total. The number of hydrogen-bond acceptors (Lipinski definition) is 1. The molecule has 0 saturated carbocycles. The minimum atomic E-state index is -0.325. The summed E-state index contributed by atoms with van der Waals surface area (Å²) in [7, 11) is 1.47. The molecule has 0 aromatic heterocycles. The smallest absolute Gasteiger partial charge is 0.165 e. The third kappa shape index (κ3) is 3.74. The summed E-state index contributed by atoms with van der Waals surface area (Å²) in [4.78, 5) is 0. The minimum Gasteiger partial charge on any atom is -0.494 e. The molecular weight excluding hydrogens is 343 g/mol. The normalized spacial score (nSPS) is 12.2. The minimum absolute atomic E-state index is 0.274. The average Bonchev–Trinajstić information content (AvgIpc) is 2.46. The Hall–Kier alpha value is -1.06. The fourth-order valence-electron chi connectivity index (χ4n) is 2.12. The number of rotatable bonds is 5. The lowest BCUT2D eigenvalue weighted by atomic mass is 9.94.